The van der Waals surface area contributed by atoms with Crippen molar-refractivity contribution in [1.29, 1.82) is 0 Å². The van der Waals surface area contributed by atoms with Crippen LogP contribution in [0.5, 0.6) is 0 Å². The van der Waals surface area contributed by atoms with E-state index >= 15 is 0 Å². The summed E-state index contributed by atoms with van der Waals surface area (Å²) in [6.45, 7) is 1.98. The highest BCUT2D eigenvalue weighted by molar-refractivity contribution is 9.09. The van der Waals surface area contributed by atoms with Crippen molar-refractivity contribution in [1.82, 2.24) is 0 Å². The van der Waals surface area contributed by atoms with Gasteiger partial charge < -0.3 is 5.73 Å². The lowest BCUT2D eigenvalue weighted by Crippen LogP contribution is -1.91. The number of alkyl halides is 1. The summed E-state index contributed by atoms with van der Waals surface area (Å²) >= 11 is 3.25. The number of halogens is 1. The third-order valence-corrected chi connectivity index (χ3v) is 1.95. The Labute approximate surface area is 81.1 Å². The Morgan fingerprint density at radius 2 is 2.25 bits per heavy atom. The maximum Gasteiger partial charge on any atom is 0.0649 e. The van der Waals surface area contributed by atoms with Crippen molar-refractivity contribution in [2.45, 2.75) is 6.92 Å². The SMILES string of the molecule is Cc1c(N)cccc1C#CCBr. The van der Waals surface area contributed by atoms with Crippen LogP contribution in [-0.4, -0.2) is 5.33 Å². The van der Waals surface area contributed by atoms with E-state index in [0.717, 1.165) is 16.8 Å². The van der Waals surface area contributed by atoms with Crippen molar-refractivity contribution in [3.05, 3.63) is 29.3 Å². The molecular formula is C10H10BrN. The molecule has 0 amide bonds. The number of benzene rings is 1. The highest BCUT2D eigenvalue weighted by atomic mass is 79.9. The largest absolute Gasteiger partial charge is 0.398 e. The molecule has 0 spiro atoms. The van der Waals surface area contributed by atoms with E-state index in [1.54, 1.807) is 0 Å². The third-order valence-electron chi connectivity index (χ3n) is 1.67. The van der Waals surface area contributed by atoms with Gasteiger partial charge in [-0.3, -0.25) is 0 Å². The number of hydrogen-bond donors (Lipinski definition) is 1. The Balaban J connectivity index is 3.08. The number of nitrogens with two attached hydrogens (primary N) is 1. The van der Waals surface area contributed by atoms with Gasteiger partial charge in [0.05, 0.1) is 5.33 Å². The van der Waals surface area contributed by atoms with Gasteiger partial charge in [0, 0.05) is 11.3 Å². The van der Waals surface area contributed by atoms with E-state index in [0.29, 0.717) is 5.33 Å². The summed E-state index contributed by atoms with van der Waals surface area (Å²) in [6, 6.07) is 5.77. The lowest BCUT2D eigenvalue weighted by atomic mass is 10.1. The molecule has 1 aromatic carbocycles. The fourth-order valence-corrected chi connectivity index (χ4v) is 1.06. The fourth-order valence-electron chi connectivity index (χ4n) is 0.918. The molecule has 0 aliphatic rings. The Bertz CT molecular complexity index is 333. The molecule has 62 valence electrons. The zero-order valence-electron chi connectivity index (χ0n) is 6.89. The van der Waals surface area contributed by atoms with Gasteiger partial charge in [0.25, 0.3) is 0 Å². The van der Waals surface area contributed by atoms with Gasteiger partial charge in [0.1, 0.15) is 0 Å². The lowest BCUT2D eigenvalue weighted by Gasteiger charge is -2.00. The molecule has 0 aromatic heterocycles. The van der Waals surface area contributed by atoms with Crippen molar-refractivity contribution in [2.24, 2.45) is 0 Å². The van der Waals surface area contributed by atoms with E-state index in [1.807, 2.05) is 25.1 Å². The quantitative estimate of drug-likeness (QED) is 0.408. The van der Waals surface area contributed by atoms with Crippen molar-refractivity contribution < 1.29 is 0 Å². The van der Waals surface area contributed by atoms with E-state index in [1.165, 1.54) is 0 Å². The Kier molecular flexibility index (Phi) is 3.19. The average molecular weight is 224 g/mol. The minimum atomic E-state index is 0.696. The molecule has 1 nitrogen and oxygen atoms in total. The number of rotatable bonds is 0. The van der Waals surface area contributed by atoms with E-state index in [2.05, 4.69) is 27.8 Å². The molecular weight excluding hydrogens is 214 g/mol. The minimum absolute atomic E-state index is 0.696. The van der Waals surface area contributed by atoms with E-state index in [-0.39, 0.29) is 0 Å². The topological polar surface area (TPSA) is 26.0 Å². The molecule has 12 heavy (non-hydrogen) atoms. The first-order valence-corrected chi connectivity index (χ1v) is 4.77. The van der Waals surface area contributed by atoms with Gasteiger partial charge in [-0.15, -0.1) is 0 Å². The summed E-state index contributed by atoms with van der Waals surface area (Å²) < 4.78 is 0. The van der Waals surface area contributed by atoms with Crippen LogP contribution in [0.15, 0.2) is 18.2 Å². The summed E-state index contributed by atoms with van der Waals surface area (Å²) in [5, 5.41) is 0.696. The molecule has 0 unspecified atom stereocenters. The summed E-state index contributed by atoms with van der Waals surface area (Å²) in [5.41, 5.74) is 8.58. The molecule has 0 saturated carbocycles. The standard InChI is InChI=1S/C10H10BrN/c1-8-9(5-3-7-11)4-2-6-10(8)12/h2,4,6H,7,12H2,1H3. The van der Waals surface area contributed by atoms with Crippen LogP contribution in [0, 0.1) is 18.8 Å². The zero-order chi connectivity index (χ0) is 8.97. The van der Waals surface area contributed by atoms with Crippen LogP contribution in [0.2, 0.25) is 0 Å². The van der Waals surface area contributed by atoms with E-state index in [4.69, 9.17) is 5.73 Å². The van der Waals surface area contributed by atoms with Gasteiger partial charge in [-0.1, -0.05) is 33.8 Å². The smallest absolute Gasteiger partial charge is 0.0649 e. The van der Waals surface area contributed by atoms with Gasteiger partial charge >= 0.3 is 0 Å². The van der Waals surface area contributed by atoms with Gasteiger partial charge in [0.2, 0.25) is 0 Å². The first-order valence-electron chi connectivity index (χ1n) is 3.65. The lowest BCUT2D eigenvalue weighted by molar-refractivity contribution is 1.44. The van der Waals surface area contributed by atoms with Gasteiger partial charge in [-0.05, 0) is 24.6 Å². The van der Waals surface area contributed by atoms with Crippen molar-refractivity contribution in [2.75, 3.05) is 11.1 Å². The first-order chi connectivity index (χ1) is 5.75. The van der Waals surface area contributed by atoms with Crippen molar-refractivity contribution >= 4 is 21.6 Å². The molecule has 0 aliphatic heterocycles. The van der Waals surface area contributed by atoms with Gasteiger partial charge in [-0.25, -0.2) is 0 Å². The van der Waals surface area contributed by atoms with Crippen LogP contribution < -0.4 is 5.73 Å². The van der Waals surface area contributed by atoms with Gasteiger partial charge in [0.15, 0.2) is 0 Å². The van der Waals surface area contributed by atoms with Crippen LogP contribution in [0.3, 0.4) is 0 Å². The van der Waals surface area contributed by atoms with Crippen LogP contribution in [0.25, 0.3) is 0 Å². The van der Waals surface area contributed by atoms with Crippen LogP contribution in [0.1, 0.15) is 11.1 Å². The highest BCUT2D eigenvalue weighted by Gasteiger charge is 1.96. The molecule has 1 rings (SSSR count). The summed E-state index contributed by atoms with van der Waals surface area (Å²) in [4.78, 5) is 0. The molecule has 0 fully saturated rings. The Morgan fingerprint density at radius 1 is 1.50 bits per heavy atom. The second-order valence-electron chi connectivity index (χ2n) is 2.46. The molecule has 0 aliphatic carbocycles. The Hall–Kier alpha value is -0.940. The molecule has 2 N–H and O–H groups in total. The summed E-state index contributed by atoms with van der Waals surface area (Å²) in [6.07, 6.45) is 0. The number of hydrogen-bond acceptors (Lipinski definition) is 1. The number of nitrogen functional groups attached to an aromatic ring is 1. The third kappa shape index (κ3) is 2.02. The summed E-state index contributed by atoms with van der Waals surface area (Å²) in [5.74, 6) is 5.97. The van der Waals surface area contributed by atoms with Crippen molar-refractivity contribution in [3.8, 4) is 11.8 Å². The Morgan fingerprint density at radius 3 is 2.92 bits per heavy atom. The predicted octanol–water partition coefficient (Wildman–Crippen LogP) is 2.32. The molecule has 1 aromatic rings. The molecule has 0 bridgehead atoms. The second-order valence-corrected chi connectivity index (χ2v) is 3.02. The first kappa shape index (κ1) is 9.15. The second kappa shape index (κ2) is 4.18. The van der Waals surface area contributed by atoms with Crippen LogP contribution >= 0.6 is 15.9 Å². The molecule has 0 radical (unpaired) electrons. The zero-order valence-corrected chi connectivity index (χ0v) is 8.48. The maximum absolute atomic E-state index is 5.71. The predicted molar refractivity (Wildman–Crippen MR) is 56.3 cm³/mol. The minimum Gasteiger partial charge on any atom is -0.398 e. The van der Waals surface area contributed by atoms with Gasteiger partial charge in [-0.2, -0.15) is 0 Å². The molecule has 0 saturated heterocycles. The van der Waals surface area contributed by atoms with Crippen molar-refractivity contribution in [3.63, 3.8) is 0 Å². The average Bonchev–Trinajstić information content (AvgIpc) is 2.08. The maximum atomic E-state index is 5.71. The molecule has 0 atom stereocenters. The normalized spacial score (nSPS) is 8.83. The monoisotopic (exact) mass is 223 g/mol. The highest BCUT2D eigenvalue weighted by Crippen LogP contribution is 2.13. The van der Waals surface area contributed by atoms with Crippen LogP contribution in [-0.2, 0) is 0 Å². The van der Waals surface area contributed by atoms with Crippen LogP contribution in [0.4, 0.5) is 5.69 Å². The number of anilines is 1. The van der Waals surface area contributed by atoms with E-state index < -0.39 is 0 Å². The van der Waals surface area contributed by atoms with E-state index in [9.17, 15) is 0 Å². The molecule has 0 heterocycles. The summed E-state index contributed by atoms with van der Waals surface area (Å²) in [7, 11) is 0. The fraction of sp³-hybridized carbons (Fsp3) is 0.200. The molecule has 2 heteroatoms.